The zero-order valence-corrected chi connectivity index (χ0v) is 16.1. The van der Waals surface area contributed by atoms with E-state index < -0.39 is 4.92 Å². The Labute approximate surface area is 170 Å². The molecule has 6 heteroatoms. The predicted molar refractivity (Wildman–Crippen MR) is 118 cm³/mol. The normalized spacial score (nSPS) is 8.86. The second-order valence-corrected chi connectivity index (χ2v) is 5.40. The van der Waals surface area contributed by atoms with Gasteiger partial charge in [0.05, 0.1) is 16.3 Å². The molecule has 2 aromatic carbocycles. The summed E-state index contributed by atoms with van der Waals surface area (Å²) in [6, 6.07) is 9.18. The van der Waals surface area contributed by atoms with Gasteiger partial charge in [-0.2, -0.15) is 10.2 Å². The van der Waals surface area contributed by atoms with E-state index in [9.17, 15) is 15.2 Å². The van der Waals surface area contributed by atoms with E-state index in [0.717, 1.165) is 5.56 Å². The molecular weight excluding hydrogens is 354 g/mol. The van der Waals surface area contributed by atoms with Crippen molar-refractivity contribution in [1.29, 1.82) is 0 Å². The molecule has 0 bridgehead atoms. The molecule has 0 aliphatic carbocycles. The molecule has 148 valence electrons. The first-order valence-corrected chi connectivity index (χ1v) is 8.19. The molecule has 0 radical (unpaired) electrons. The molecule has 0 saturated heterocycles. The second kappa shape index (κ2) is 11.5. The van der Waals surface area contributed by atoms with E-state index in [-0.39, 0.29) is 17.1 Å². The maximum atomic E-state index is 10.5. The largest absolute Gasteiger partial charge is 0.508 e. The van der Waals surface area contributed by atoms with Gasteiger partial charge < -0.3 is 5.11 Å². The van der Waals surface area contributed by atoms with Crippen LogP contribution in [0.3, 0.4) is 0 Å². The third kappa shape index (κ3) is 7.44. The molecule has 1 N–H and O–H groups in total. The minimum Gasteiger partial charge on any atom is -0.508 e. The number of rotatable bonds is 3. The van der Waals surface area contributed by atoms with Crippen molar-refractivity contribution in [3.05, 3.63) is 57.6 Å². The summed E-state index contributed by atoms with van der Waals surface area (Å²) in [6.45, 7) is 7.09. The first kappa shape index (κ1) is 22.0. The smallest absolute Gasteiger partial charge is 0.269 e. The third-order valence-electron chi connectivity index (χ3n) is 3.29. The Morgan fingerprint density at radius 2 is 1.50 bits per heavy atom. The molecule has 0 spiro atoms. The Morgan fingerprint density at radius 3 is 2.00 bits per heavy atom. The van der Waals surface area contributed by atoms with E-state index in [1.165, 1.54) is 24.3 Å². The average molecular weight is 381 g/mol. The molecular formula is C22H27N3O3. The number of phenols is 1. The molecule has 0 aliphatic rings. The van der Waals surface area contributed by atoms with Gasteiger partial charge in [-0.25, -0.2) is 0 Å². The van der Waals surface area contributed by atoms with Crippen molar-refractivity contribution in [3.63, 3.8) is 0 Å². The van der Waals surface area contributed by atoms with Crippen LogP contribution in [-0.4, -0.2) is 10.0 Å². The topological polar surface area (TPSA) is 88.1 Å². The van der Waals surface area contributed by atoms with E-state index >= 15 is 0 Å². The van der Waals surface area contributed by atoms with Crippen LogP contribution in [0.1, 0.15) is 30.7 Å². The molecule has 0 heterocycles. The summed E-state index contributed by atoms with van der Waals surface area (Å²) in [5.74, 6) is 15.7. The number of aromatic hydroxyl groups is 1. The van der Waals surface area contributed by atoms with Gasteiger partial charge in [0, 0.05) is 17.8 Å². The van der Waals surface area contributed by atoms with Crippen LogP contribution < -0.4 is 0 Å². The summed E-state index contributed by atoms with van der Waals surface area (Å²) in [6.07, 6.45) is 0. The average Bonchev–Trinajstić information content (AvgIpc) is 2.68. The maximum Gasteiger partial charge on any atom is 0.269 e. The molecule has 28 heavy (non-hydrogen) atoms. The summed E-state index contributed by atoms with van der Waals surface area (Å²) in [7, 11) is 0. The lowest BCUT2D eigenvalue weighted by Crippen LogP contribution is -1.85. The lowest BCUT2D eigenvalue weighted by Gasteiger charge is -2.03. The van der Waals surface area contributed by atoms with Crippen LogP contribution in [0, 0.1) is 59.5 Å². The number of nitro groups is 1. The van der Waals surface area contributed by atoms with Crippen LogP contribution in [0.2, 0.25) is 0 Å². The number of non-ortho nitro benzene ring substituents is 1. The highest BCUT2D eigenvalue weighted by Crippen LogP contribution is 2.28. The van der Waals surface area contributed by atoms with Crippen molar-refractivity contribution in [2.45, 2.75) is 27.7 Å². The fourth-order valence-electron chi connectivity index (χ4n) is 1.83. The number of nitro benzene ring substituents is 1. The fourth-order valence-corrected chi connectivity index (χ4v) is 1.83. The molecule has 0 saturated carbocycles. The number of aryl methyl sites for hydroxylation is 2. The SMILES string of the molecule is CC#CC#CC#CC.Cc1cc(N=Nc2ccc([N+](=O)[O-])cc2)c(C)cc1O.[HH].[HH].[HH].[HH]. The van der Waals surface area contributed by atoms with Gasteiger partial charge in [0.25, 0.3) is 5.69 Å². The van der Waals surface area contributed by atoms with Crippen molar-refractivity contribution in [2.24, 2.45) is 10.2 Å². The minimum absolute atomic E-state index is 0. The van der Waals surface area contributed by atoms with Crippen LogP contribution in [0.15, 0.2) is 46.6 Å². The van der Waals surface area contributed by atoms with Gasteiger partial charge in [0.15, 0.2) is 0 Å². The Kier molecular flexibility index (Phi) is 9.03. The Morgan fingerprint density at radius 1 is 0.929 bits per heavy atom. The van der Waals surface area contributed by atoms with E-state index in [4.69, 9.17) is 0 Å². The van der Waals surface area contributed by atoms with E-state index in [0.29, 0.717) is 16.9 Å². The highest BCUT2D eigenvalue weighted by molar-refractivity contribution is 5.53. The monoisotopic (exact) mass is 381 g/mol. The van der Waals surface area contributed by atoms with E-state index in [2.05, 4.69) is 45.8 Å². The van der Waals surface area contributed by atoms with E-state index in [1.54, 1.807) is 32.9 Å². The molecule has 6 nitrogen and oxygen atoms in total. The molecule has 2 rings (SSSR count). The summed E-state index contributed by atoms with van der Waals surface area (Å²) >= 11 is 0. The van der Waals surface area contributed by atoms with Gasteiger partial charge in [-0.1, -0.05) is 11.8 Å². The van der Waals surface area contributed by atoms with Crippen molar-refractivity contribution < 1.29 is 15.7 Å². The lowest BCUT2D eigenvalue weighted by molar-refractivity contribution is -0.384. The maximum absolute atomic E-state index is 10.5. The van der Waals surface area contributed by atoms with Gasteiger partial charge >= 0.3 is 0 Å². The number of phenolic OH excluding ortho intramolecular Hbond substituents is 1. The molecule has 0 aromatic heterocycles. The summed E-state index contributed by atoms with van der Waals surface area (Å²) in [4.78, 5) is 10.1. The first-order chi connectivity index (χ1) is 13.4. The van der Waals surface area contributed by atoms with Crippen molar-refractivity contribution in [1.82, 2.24) is 0 Å². The minimum atomic E-state index is -0.464. The van der Waals surface area contributed by atoms with Crippen LogP contribution >= 0.6 is 0 Å². The number of hydrogen-bond acceptors (Lipinski definition) is 5. The molecule has 0 atom stereocenters. The highest BCUT2D eigenvalue weighted by atomic mass is 16.6. The van der Waals surface area contributed by atoms with Gasteiger partial charge in [-0.15, -0.1) is 0 Å². The quantitative estimate of drug-likeness (QED) is 0.291. The molecule has 0 amide bonds. The Balaban J connectivity index is -0.000000286. The van der Waals surface area contributed by atoms with Crippen LogP contribution in [-0.2, 0) is 0 Å². The van der Waals surface area contributed by atoms with Crippen LogP contribution in [0.4, 0.5) is 17.1 Å². The fraction of sp³-hybridized carbons (Fsp3) is 0.182. The van der Waals surface area contributed by atoms with Gasteiger partial charge in [0.1, 0.15) is 5.75 Å². The Hall–Kier alpha value is -4.08. The van der Waals surface area contributed by atoms with Crippen molar-refractivity contribution in [3.8, 4) is 41.3 Å². The van der Waals surface area contributed by atoms with Crippen molar-refractivity contribution >= 4 is 17.1 Å². The summed E-state index contributed by atoms with van der Waals surface area (Å²) in [5, 5.41) is 28.2. The van der Waals surface area contributed by atoms with Gasteiger partial charge in [-0.05, 0) is 86.8 Å². The number of nitrogens with zero attached hydrogens (tertiary/aromatic N) is 3. The molecule has 0 fully saturated rings. The molecule has 0 unspecified atom stereocenters. The third-order valence-corrected chi connectivity index (χ3v) is 3.29. The lowest BCUT2D eigenvalue weighted by atomic mass is 10.1. The van der Waals surface area contributed by atoms with Crippen LogP contribution in [0.25, 0.3) is 0 Å². The Bertz CT molecular complexity index is 1050. The summed E-state index contributed by atoms with van der Waals surface area (Å²) < 4.78 is 0. The van der Waals surface area contributed by atoms with Crippen molar-refractivity contribution in [2.75, 3.05) is 0 Å². The van der Waals surface area contributed by atoms with E-state index in [1.807, 2.05) is 6.92 Å². The van der Waals surface area contributed by atoms with Gasteiger partial charge in [0.2, 0.25) is 0 Å². The first-order valence-electron chi connectivity index (χ1n) is 8.19. The highest BCUT2D eigenvalue weighted by Gasteiger charge is 2.04. The second-order valence-electron chi connectivity index (χ2n) is 5.40. The zero-order valence-electron chi connectivity index (χ0n) is 16.1. The van der Waals surface area contributed by atoms with Gasteiger partial charge in [-0.3, -0.25) is 10.1 Å². The number of azo groups is 1. The molecule has 2 aromatic rings. The molecule has 0 aliphatic heterocycles. The standard InChI is InChI=1S/C14H13N3O3.C8H6.4H2/c1-9-8-14(18)10(2)7-13(9)16-15-11-3-5-12(6-4-11)17(19)20;1-3-5-7-8-6-4-2;;;;/h3-8,18H,1-2H3;1-2H3;4*1H. The predicted octanol–water partition coefficient (Wildman–Crippen LogP) is 6.35. The zero-order chi connectivity index (χ0) is 20.9. The number of hydrogen-bond donors (Lipinski definition) is 1. The van der Waals surface area contributed by atoms with Crippen LogP contribution in [0.5, 0.6) is 5.75 Å². The number of benzene rings is 2. The summed E-state index contributed by atoms with van der Waals surface area (Å²) in [5.41, 5.74) is 2.71.